The van der Waals surface area contributed by atoms with Crippen molar-refractivity contribution in [3.05, 3.63) is 82.8 Å². The van der Waals surface area contributed by atoms with Gasteiger partial charge in [0, 0.05) is 60.7 Å². The second-order valence-corrected chi connectivity index (χ2v) is 12.1. The van der Waals surface area contributed by atoms with Crippen LogP contribution < -0.4 is 4.90 Å². The normalized spacial score (nSPS) is 14.5. The van der Waals surface area contributed by atoms with Gasteiger partial charge >= 0.3 is 0 Å². The van der Waals surface area contributed by atoms with Gasteiger partial charge in [-0.1, -0.05) is 37.7 Å². The average Bonchev–Trinajstić information content (AvgIpc) is 3.57. The van der Waals surface area contributed by atoms with Gasteiger partial charge in [-0.2, -0.15) is 5.26 Å². The van der Waals surface area contributed by atoms with Gasteiger partial charge < -0.3 is 14.4 Å². The number of aromatic nitrogens is 2. The van der Waals surface area contributed by atoms with E-state index in [1.54, 1.807) is 0 Å². The number of unbranched alkanes of at least 4 members (excludes halogenated alkanes) is 1. The summed E-state index contributed by atoms with van der Waals surface area (Å²) in [6.45, 7) is 9.15. The standard InChI is InChI=1S/C31H36N6S2/c1-3-4-5-31(38)37(21-28-19-33-23-36(28)20-25-8-6-24(18-32)7-9-25)27-10-11-30-26(16-27)17-29(39-30)22-35-14-12-34(2)13-15-35/h6-11,16-17,19,23H,3-5,12-15,20-22H2,1-2H3. The molecule has 0 N–H and O–H groups in total. The fraction of sp³-hybridized carbons (Fsp3) is 0.387. The fourth-order valence-electron chi connectivity index (χ4n) is 5.01. The molecule has 1 aliphatic rings. The summed E-state index contributed by atoms with van der Waals surface area (Å²) >= 11 is 7.91. The second-order valence-electron chi connectivity index (χ2n) is 10.4. The molecule has 8 heteroatoms. The Hall–Kier alpha value is -3.09. The summed E-state index contributed by atoms with van der Waals surface area (Å²) in [5, 5.41) is 10.4. The maximum atomic E-state index is 9.11. The van der Waals surface area contributed by atoms with Gasteiger partial charge in [-0.15, -0.1) is 11.3 Å². The number of hydrogen-bond donors (Lipinski definition) is 0. The van der Waals surface area contributed by atoms with Crippen LogP contribution in [0, 0.1) is 11.3 Å². The third-order valence-electron chi connectivity index (χ3n) is 7.44. The number of hydrogen-bond acceptors (Lipinski definition) is 6. The van der Waals surface area contributed by atoms with Gasteiger partial charge in [0.25, 0.3) is 0 Å². The van der Waals surface area contributed by atoms with E-state index in [1.165, 1.54) is 15.0 Å². The zero-order chi connectivity index (χ0) is 27.2. The SMILES string of the molecule is CCCCC(=S)N(Cc1cncn1Cc1ccc(C#N)cc1)c1ccc2sc(CN3CCN(C)CC3)cc2c1. The topological polar surface area (TPSA) is 51.3 Å². The minimum absolute atomic E-state index is 0.669. The lowest BCUT2D eigenvalue weighted by Gasteiger charge is -2.31. The highest BCUT2D eigenvalue weighted by Crippen LogP contribution is 2.32. The van der Waals surface area contributed by atoms with Gasteiger partial charge in [-0.25, -0.2) is 4.98 Å². The predicted octanol–water partition coefficient (Wildman–Crippen LogP) is 6.29. The number of rotatable bonds is 10. The summed E-state index contributed by atoms with van der Waals surface area (Å²) in [6, 6.07) is 19.1. The summed E-state index contributed by atoms with van der Waals surface area (Å²) in [5.74, 6) is 0. The van der Waals surface area contributed by atoms with Gasteiger partial charge in [-0.3, -0.25) is 4.90 Å². The number of nitrogens with zero attached hydrogens (tertiary/aromatic N) is 6. The number of benzene rings is 2. The Kier molecular flexibility index (Phi) is 9.05. The number of likely N-dealkylation sites (N-methyl/N-ethyl adjacent to an activating group) is 1. The minimum atomic E-state index is 0.669. The Balaban J connectivity index is 1.36. The van der Waals surface area contributed by atoms with E-state index in [-0.39, 0.29) is 0 Å². The summed E-state index contributed by atoms with van der Waals surface area (Å²) in [5.41, 5.74) is 4.06. The summed E-state index contributed by atoms with van der Waals surface area (Å²) in [4.78, 5) is 14.1. The van der Waals surface area contributed by atoms with E-state index < -0.39 is 0 Å². The molecule has 5 rings (SSSR count). The Morgan fingerprint density at radius 1 is 1.08 bits per heavy atom. The lowest BCUT2D eigenvalue weighted by atomic mass is 10.1. The average molecular weight is 557 g/mol. The maximum Gasteiger partial charge on any atom is 0.0991 e. The van der Waals surface area contributed by atoms with E-state index in [0.29, 0.717) is 18.7 Å². The number of thiocarbonyl (C=S) groups is 1. The quantitative estimate of drug-likeness (QED) is 0.214. The zero-order valence-corrected chi connectivity index (χ0v) is 24.5. The third kappa shape index (κ3) is 6.92. The van der Waals surface area contributed by atoms with Crippen LogP contribution in [0.3, 0.4) is 0 Å². The van der Waals surface area contributed by atoms with Crippen molar-refractivity contribution in [2.24, 2.45) is 0 Å². The predicted molar refractivity (Wildman–Crippen MR) is 165 cm³/mol. The lowest BCUT2D eigenvalue weighted by Crippen LogP contribution is -2.43. The number of thiophene rings is 1. The van der Waals surface area contributed by atoms with Gasteiger partial charge in [0.15, 0.2) is 0 Å². The molecule has 1 aliphatic heterocycles. The van der Waals surface area contributed by atoms with E-state index >= 15 is 0 Å². The van der Waals surface area contributed by atoms with Crippen LogP contribution in [0.4, 0.5) is 5.69 Å². The molecule has 2 aromatic carbocycles. The highest BCUT2D eigenvalue weighted by atomic mass is 32.1. The second kappa shape index (κ2) is 12.8. The molecule has 0 spiro atoms. The molecule has 4 aromatic rings. The molecular formula is C31H36N6S2. The Morgan fingerprint density at radius 3 is 2.62 bits per heavy atom. The summed E-state index contributed by atoms with van der Waals surface area (Å²) < 4.78 is 3.50. The molecule has 39 heavy (non-hydrogen) atoms. The molecule has 0 radical (unpaired) electrons. The smallest absolute Gasteiger partial charge is 0.0991 e. The molecule has 0 unspecified atom stereocenters. The molecule has 0 bridgehead atoms. The van der Waals surface area contributed by atoms with Crippen molar-refractivity contribution in [2.45, 2.75) is 45.8 Å². The van der Waals surface area contributed by atoms with Crippen molar-refractivity contribution >= 4 is 44.3 Å². The Bertz CT molecular complexity index is 1440. The summed E-state index contributed by atoms with van der Waals surface area (Å²) in [6.07, 6.45) is 6.91. The highest BCUT2D eigenvalue weighted by molar-refractivity contribution is 7.80. The van der Waals surface area contributed by atoms with Crippen molar-refractivity contribution in [3.8, 4) is 6.07 Å². The number of imidazole rings is 1. The van der Waals surface area contributed by atoms with E-state index in [1.807, 2.05) is 48.1 Å². The van der Waals surface area contributed by atoms with Gasteiger partial charge in [0.05, 0.1) is 35.2 Å². The highest BCUT2D eigenvalue weighted by Gasteiger charge is 2.18. The van der Waals surface area contributed by atoms with E-state index in [0.717, 1.165) is 73.9 Å². The molecule has 0 amide bonds. The number of fused-ring (bicyclic) bond motifs is 1. The summed E-state index contributed by atoms with van der Waals surface area (Å²) in [7, 11) is 2.20. The third-order valence-corrected chi connectivity index (χ3v) is 8.96. The Morgan fingerprint density at radius 2 is 1.87 bits per heavy atom. The van der Waals surface area contributed by atoms with Crippen molar-refractivity contribution in [3.63, 3.8) is 0 Å². The van der Waals surface area contributed by atoms with Crippen LogP contribution in [0.25, 0.3) is 10.1 Å². The van der Waals surface area contributed by atoms with E-state index in [9.17, 15) is 0 Å². The molecular weight excluding hydrogens is 521 g/mol. The van der Waals surface area contributed by atoms with E-state index in [2.05, 4.69) is 68.6 Å². The number of nitriles is 1. The van der Waals surface area contributed by atoms with Crippen molar-refractivity contribution < 1.29 is 0 Å². The van der Waals surface area contributed by atoms with Gasteiger partial charge in [0.1, 0.15) is 0 Å². The zero-order valence-electron chi connectivity index (χ0n) is 22.8. The van der Waals surface area contributed by atoms with Crippen LogP contribution in [0.5, 0.6) is 0 Å². The first-order valence-electron chi connectivity index (χ1n) is 13.7. The van der Waals surface area contributed by atoms with Crippen molar-refractivity contribution in [1.29, 1.82) is 5.26 Å². The van der Waals surface area contributed by atoms with Crippen LogP contribution in [0.15, 0.2) is 61.1 Å². The first-order chi connectivity index (χ1) is 19.0. The van der Waals surface area contributed by atoms with Crippen LogP contribution in [-0.2, 0) is 19.6 Å². The molecule has 2 aromatic heterocycles. The van der Waals surface area contributed by atoms with Crippen LogP contribution in [0.2, 0.25) is 0 Å². The largest absolute Gasteiger partial charge is 0.330 e. The first kappa shape index (κ1) is 27.5. The molecule has 3 heterocycles. The van der Waals surface area contributed by atoms with Crippen molar-refractivity contribution in [1.82, 2.24) is 19.4 Å². The van der Waals surface area contributed by atoms with Crippen molar-refractivity contribution in [2.75, 3.05) is 38.1 Å². The fourth-order valence-corrected chi connectivity index (χ4v) is 6.41. The molecule has 6 nitrogen and oxygen atoms in total. The lowest BCUT2D eigenvalue weighted by molar-refractivity contribution is 0.149. The number of anilines is 1. The molecule has 202 valence electrons. The monoisotopic (exact) mass is 556 g/mol. The molecule has 1 fully saturated rings. The maximum absolute atomic E-state index is 9.11. The minimum Gasteiger partial charge on any atom is -0.330 e. The van der Waals surface area contributed by atoms with Crippen LogP contribution in [0.1, 0.15) is 47.9 Å². The van der Waals surface area contributed by atoms with E-state index in [4.69, 9.17) is 17.5 Å². The molecule has 0 saturated carbocycles. The van der Waals surface area contributed by atoms with Gasteiger partial charge in [-0.05, 0) is 67.2 Å². The number of piperazine rings is 1. The Labute approximate surface area is 241 Å². The first-order valence-corrected chi connectivity index (χ1v) is 15.0. The molecule has 0 aliphatic carbocycles. The van der Waals surface area contributed by atoms with Crippen LogP contribution in [-0.4, -0.2) is 57.6 Å². The van der Waals surface area contributed by atoms with Crippen LogP contribution >= 0.6 is 23.6 Å². The molecule has 1 saturated heterocycles. The molecule has 0 atom stereocenters. The van der Waals surface area contributed by atoms with Gasteiger partial charge in [0.2, 0.25) is 0 Å².